The van der Waals surface area contributed by atoms with Crippen molar-refractivity contribution in [2.45, 2.75) is 12.3 Å². The van der Waals surface area contributed by atoms with Crippen LogP contribution in [0.25, 0.3) is 0 Å². The smallest absolute Gasteiger partial charge is 0.263 e. The summed E-state index contributed by atoms with van der Waals surface area (Å²) in [6.07, 6.45) is 0.736. The Morgan fingerprint density at radius 3 is 2.67 bits per heavy atom. The van der Waals surface area contributed by atoms with Crippen LogP contribution < -0.4 is 14.8 Å². The molecule has 0 aliphatic carbocycles. The number of ether oxygens (including phenoxy) is 3. The summed E-state index contributed by atoms with van der Waals surface area (Å²) in [6, 6.07) is 9.23. The van der Waals surface area contributed by atoms with Crippen molar-refractivity contribution in [3.05, 3.63) is 46.2 Å². The van der Waals surface area contributed by atoms with Crippen molar-refractivity contribution in [1.29, 1.82) is 0 Å². The molecule has 162 valence electrons. The van der Waals surface area contributed by atoms with E-state index in [1.54, 1.807) is 26.2 Å². The summed E-state index contributed by atoms with van der Waals surface area (Å²) < 4.78 is 16.0. The number of amides is 2. The Labute approximate surface area is 180 Å². The van der Waals surface area contributed by atoms with Gasteiger partial charge in [-0.2, -0.15) is 0 Å². The molecule has 2 amide bonds. The lowest BCUT2D eigenvalue weighted by molar-refractivity contribution is -0.125. The molecule has 2 aromatic rings. The number of likely N-dealkylation sites (tertiary alicyclic amines) is 1. The Hall–Kier alpha value is -2.58. The molecule has 1 N–H and O–H groups in total. The van der Waals surface area contributed by atoms with Gasteiger partial charge >= 0.3 is 0 Å². The molecule has 1 aliphatic heterocycles. The fourth-order valence-corrected chi connectivity index (χ4v) is 4.49. The predicted molar refractivity (Wildman–Crippen MR) is 116 cm³/mol. The molecule has 2 unspecified atom stereocenters. The molecule has 2 heterocycles. The second-order valence-corrected chi connectivity index (χ2v) is 8.09. The second kappa shape index (κ2) is 10.4. The molecule has 7 nitrogen and oxygen atoms in total. The Bertz CT molecular complexity index is 855. The third-order valence-corrected chi connectivity index (χ3v) is 6.19. The SMILES string of the molecule is COCCCNC(=O)C1CN(C(=O)c2cccs2)CC1c1cc(OC)ccc1OC. The number of methoxy groups -OCH3 is 3. The van der Waals surface area contributed by atoms with Crippen molar-refractivity contribution < 1.29 is 23.8 Å². The summed E-state index contributed by atoms with van der Waals surface area (Å²) >= 11 is 1.41. The average molecular weight is 433 g/mol. The first kappa shape index (κ1) is 22.1. The van der Waals surface area contributed by atoms with Gasteiger partial charge in [0, 0.05) is 44.8 Å². The molecule has 0 saturated carbocycles. The number of benzene rings is 1. The van der Waals surface area contributed by atoms with Crippen LogP contribution in [0.4, 0.5) is 0 Å². The van der Waals surface area contributed by atoms with Crippen LogP contribution in [0, 0.1) is 5.92 Å². The van der Waals surface area contributed by atoms with Crippen LogP contribution in [0.2, 0.25) is 0 Å². The van der Waals surface area contributed by atoms with E-state index in [0.29, 0.717) is 42.6 Å². The standard InChI is InChI=1S/C22H28N2O5S/c1-27-10-5-9-23-21(25)18-14-24(22(26)20-6-4-11-30-20)13-17(18)16-12-15(28-2)7-8-19(16)29-3/h4,6-8,11-12,17-18H,5,9-10,13-14H2,1-3H3,(H,23,25). The largest absolute Gasteiger partial charge is 0.497 e. The van der Waals surface area contributed by atoms with E-state index in [0.717, 1.165) is 12.0 Å². The van der Waals surface area contributed by atoms with Crippen LogP contribution in [0.5, 0.6) is 11.5 Å². The number of nitrogens with one attached hydrogen (secondary N) is 1. The van der Waals surface area contributed by atoms with Gasteiger partial charge in [0.2, 0.25) is 5.91 Å². The number of hydrogen-bond acceptors (Lipinski definition) is 6. The van der Waals surface area contributed by atoms with Crippen LogP contribution >= 0.6 is 11.3 Å². The molecule has 1 aliphatic rings. The van der Waals surface area contributed by atoms with Gasteiger partial charge in [0.05, 0.1) is 25.0 Å². The van der Waals surface area contributed by atoms with E-state index in [-0.39, 0.29) is 23.7 Å². The summed E-state index contributed by atoms with van der Waals surface area (Å²) in [6.45, 7) is 1.92. The number of carbonyl (C=O) groups excluding carboxylic acids is 2. The van der Waals surface area contributed by atoms with Gasteiger partial charge in [0.15, 0.2) is 0 Å². The van der Waals surface area contributed by atoms with E-state index < -0.39 is 0 Å². The highest BCUT2D eigenvalue weighted by Crippen LogP contribution is 2.40. The summed E-state index contributed by atoms with van der Waals surface area (Å²) in [5.74, 6) is 0.685. The van der Waals surface area contributed by atoms with Gasteiger partial charge < -0.3 is 24.4 Å². The molecule has 1 fully saturated rings. The molecule has 1 saturated heterocycles. The van der Waals surface area contributed by atoms with Crippen molar-refractivity contribution in [1.82, 2.24) is 10.2 Å². The number of nitrogens with zero attached hydrogens (tertiary/aromatic N) is 1. The maximum absolute atomic E-state index is 13.0. The number of hydrogen-bond donors (Lipinski definition) is 1. The fraction of sp³-hybridized carbons (Fsp3) is 0.455. The van der Waals surface area contributed by atoms with Crippen LogP contribution in [0.1, 0.15) is 27.6 Å². The van der Waals surface area contributed by atoms with E-state index in [2.05, 4.69) is 5.32 Å². The van der Waals surface area contributed by atoms with Crippen molar-refractivity contribution in [3.63, 3.8) is 0 Å². The maximum Gasteiger partial charge on any atom is 0.263 e. The molecule has 1 aromatic carbocycles. The van der Waals surface area contributed by atoms with E-state index in [1.165, 1.54) is 11.3 Å². The van der Waals surface area contributed by atoms with Crippen molar-refractivity contribution >= 4 is 23.2 Å². The third kappa shape index (κ3) is 4.94. The van der Waals surface area contributed by atoms with Gasteiger partial charge in [-0.05, 0) is 36.1 Å². The van der Waals surface area contributed by atoms with Crippen molar-refractivity contribution in [3.8, 4) is 11.5 Å². The quantitative estimate of drug-likeness (QED) is 0.617. The van der Waals surface area contributed by atoms with Crippen LogP contribution in [0.3, 0.4) is 0 Å². The number of rotatable bonds is 9. The number of thiophene rings is 1. The van der Waals surface area contributed by atoms with Gasteiger partial charge in [-0.1, -0.05) is 6.07 Å². The van der Waals surface area contributed by atoms with Crippen molar-refractivity contribution in [2.75, 3.05) is 47.6 Å². The summed E-state index contributed by atoms with van der Waals surface area (Å²) in [4.78, 5) is 28.4. The topological polar surface area (TPSA) is 77.1 Å². The first-order valence-corrected chi connectivity index (χ1v) is 10.8. The average Bonchev–Trinajstić information content (AvgIpc) is 3.46. The normalized spacial score (nSPS) is 18.3. The molecule has 1 aromatic heterocycles. The van der Waals surface area contributed by atoms with Gasteiger partial charge in [0.25, 0.3) is 5.91 Å². The Kier molecular flexibility index (Phi) is 7.70. The van der Waals surface area contributed by atoms with E-state index in [1.807, 2.05) is 35.7 Å². The zero-order valence-corrected chi connectivity index (χ0v) is 18.4. The van der Waals surface area contributed by atoms with E-state index in [4.69, 9.17) is 14.2 Å². The van der Waals surface area contributed by atoms with Crippen LogP contribution in [-0.2, 0) is 9.53 Å². The van der Waals surface area contributed by atoms with Gasteiger partial charge in [-0.3, -0.25) is 9.59 Å². The fourth-order valence-electron chi connectivity index (χ4n) is 3.79. The van der Waals surface area contributed by atoms with Crippen molar-refractivity contribution in [2.24, 2.45) is 5.92 Å². The minimum absolute atomic E-state index is 0.0495. The molecule has 2 atom stereocenters. The first-order chi connectivity index (χ1) is 14.6. The van der Waals surface area contributed by atoms with Gasteiger partial charge in [0.1, 0.15) is 11.5 Å². The minimum atomic E-state index is -0.377. The third-order valence-electron chi connectivity index (χ3n) is 5.34. The summed E-state index contributed by atoms with van der Waals surface area (Å²) in [5, 5.41) is 4.87. The van der Waals surface area contributed by atoms with Crippen LogP contribution in [0.15, 0.2) is 35.7 Å². The Morgan fingerprint density at radius 2 is 2.00 bits per heavy atom. The molecular weight excluding hydrogens is 404 g/mol. The highest BCUT2D eigenvalue weighted by molar-refractivity contribution is 7.12. The van der Waals surface area contributed by atoms with Gasteiger partial charge in [-0.15, -0.1) is 11.3 Å². The lowest BCUT2D eigenvalue weighted by Crippen LogP contribution is -2.36. The number of carbonyl (C=O) groups is 2. The lowest BCUT2D eigenvalue weighted by Gasteiger charge is -2.21. The predicted octanol–water partition coefficient (Wildman–Crippen LogP) is 2.77. The monoisotopic (exact) mass is 432 g/mol. The first-order valence-electron chi connectivity index (χ1n) is 9.90. The lowest BCUT2D eigenvalue weighted by atomic mass is 9.87. The van der Waals surface area contributed by atoms with E-state index in [9.17, 15) is 9.59 Å². The molecular formula is C22H28N2O5S. The molecule has 8 heteroatoms. The Morgan fingerprint density at radius 1 is 1.17 bits per heavy atom. The highest BCUT2D eigenvalue weighted by Gasteiger charge is 2.42. The van der Waals surface area contributed by atoms with Gasteiger partial charge in [-0.25, -0.2) is 0 Å². The summed E-state index contributed by atoms with van der Waals surface area (Å²) in [5.41, 5.74) is 0.871. The summed E-state index contributed by atoms with van der Waals surface area (Å²) in [7, 11) is 4.85. The molecule has 0 spiro atoms. The molecule has 0 bridgehead atoms. The Balaban J connectivity index is 1.87. The van der Waals surface area contributed by atoms with Crippen LogP contribution in [-0.4, -0.2) is 64.3 Å². The molecule has 30 heavy (non-hydrogen) atoms. The minimum Gasteiger partial charge on any atom is -0.497 e. The molecule has 0 radical (unpaired) electrons. The maximum atomic E-state index is 13.0. The molecule has 3 rings (SSSR count). The van der Waals surface area contributed by atoms with E-state index >= 15 is 0 Å². The second-order valence-electron chi connectivity index (χ2n) is 7.15. The zero-order valence-electron chi connectivity index (χ0n) is 17.6. The zero-order chi connectivity index (χ0) is 21.5. The highest BCUT2D eigenvalue weighted by atomic mass is 32.1.